The molecule has 1 N–H and O–H groups in total. The van der Waals surface area contributed by atoms with Crippen LogP contribution in [0.25, 0.3) is 0 Å². The first kappa shape index (κ1) is 13.4. The van der Waals surface area contributed by atoms with Crippen LogP contribution in [0, 0.1) is 11.3 Å². The standard InChI is InChI=1S/C14H12BrN3O/c1-2-19-13-6-4-3-5-12(13)18-14-11(15)7-10(8-16)9-17-14/h3-7,9H,2H2,1H3,(H,17,18). The molecule has 0 spiro atoms. The van der Waals surface area contributed by atoms with E-state index in [0.717, 1.165) is 15.9 Å². The molecule has 0 bridgehead atoms. The number of nitriles is 1. The minimum Gasteiger partial charge on any atom is -0.492 e. The van der Waals surface area contributed by atoms with Crippen molar-refractivity contribution in [3.63, 3.8) is 0 Å². The Hall–Kier alpha value is -2.06. The normalized spacial score (nSPS) is 9.74. The Labute approximate surface area is 120 Å². The molecule has 1 aromatic heterocycles. The van der Waals surface area contributed by atoms with Gasteiger partial charge in [0.1, 0.15) is 17.6 Å². The lowest BCUT2D eigenvalue weighted by Crippen LogP contribution is -1.99. The Balaban J connectivity index is 2.29. The molecule has 0 saturated carbocycles. The molecule has 1 aromatic carbocycles. The summed E-state index contributed by atoms with van der Waals surface area (Å²) in [7, 11) is 0. The van der Waals surface area contributed by atoms with Crippen LogP contribution in [0.4, 0.5) is 11.5 Å². The number of rotatable bonds is 4. The first-order valence-corrected chi connectivity index (χ1v) is 6.58. The average Bonchev–Trinajstić information content (AvgIpc) is 2.43. The van der Waals surface area contributed by atoms with Gasteiger partial charge in [-0.1, -0.05) is 12.1 Å². The molecule has 19 heavy (non-hydrogen) atoms. The van der Waals surface area contributed by atoms with Crippen LogP contribution < -0.4 is 10.1 Å². The van der Waals surface area contributed by atoms with Crippen molar-refractivity contribution in [3.8, 4) is 11.8 Å². The number of para-hydroxylation sites is 2. The second-order valence-electron chi connectivity index (χ2n) is 3.72. The predicted octanol–water partition coefficient (Wildman–Crippen LogP) is 3.86. The highest BCUT2D eigenvalue weighted by Gasteiger charge is 2.07. The van der Waals surface area contributed by atoms with Gasteiger partial charge in [-0.05, 0) is 41.1 Å². The van der Waals surface area contributed by atoms with E-state index in [0.29, 0.717) is 18.0 Å². The zero-order valence-electron chi connectivity index (χ0n) is 10.4. The van der Waals surface area contributed by atoms with Crippen molar-refractivity contribution >= 4 is 27.4 Å². The monoisotopic (exact) mass is 317 g/mol. The van der Waals surface area contributed by atoms with Gasteiger partial charge in [-0.25, -0.2) is 4.98 Å². The van der Waals surface area contributed by atoms with E-state index < -0.39 is 0 Å². The molecule has 1 heterocycles. The minimum absolute atomic E-state index is 0.510. The Morgan fingerprint density at radius 1 is 1.42 bits per heavy atom. The Bertz CT molecular complexity index is 622. The molecule has 0 amide bonds. The summed E-state index contributed by atoms with van der Waals surface area (Å²) in [5.74, 6) is 1.41. The van der Waals surface area contributed by atoms with Crippen LogP contribution in [0.3, 0.4) is 0 Å². The molecule has 0 unspecified atom stereocenters. The molecular weight excluding hydrogens is 306 g/mol. The van der Waals surface area contributed by atoms with E-state index in [4.69, 9.17) is 10.00 Å². The Kier molecular flexibility index (Phi) is 4.37. The number of anilines is 2. The summed E-state index contributed by atoms with van der Waals surface area (Å²) in [6.07, 6.45) is 1.52. The van der Waals surface area contributed by atoms with Crippen LogP contribution in [-0.4, -0.2) is 11.6 Å². The van der Waals surface area contributed by atoms with Crippen LogP contribution >= 0.6 is 15.9 Å². The summed E-state index contributed by atoms with van der Waals surface area (Å²) in [6.45, 7) is 2.54. The molecule has 0 saturated heterocycles. The maximum atomic E-state index is 8.81. The highest BCUT2D eigenvalue weighted by atomic mass is 79.9. The fourth-order valence-electron chi connectivity index (χ4n) is 1.57. The number of nitrogens with one attached hydrogen (secondary N) is 1. The number of pyridine rings is 1. The van der Waals surface area contributed by atoms with Gasteiger partial charge < -0.3 is 10.1 Å². The molecule has 2 aromatic rings. The Morgan fingerprint density at radius 2 is 2.21 bits per heavy atom. The second-order valence-corrected chi connectivity index (χ2v) is 4.57. The number of hydrogen-bond donors (Lipinski definition) is 1. The second kappa shape index (κ2) is 6.21. The number of halogens is 1. The van der Waals surface area contributed by atoms with Crippen LogP contribution in [0.2, 0.25) is 0 Å². The molecule has 0 fully saturated rings. The summed E-state index contributed by atoms with van der Waals surface area (Å²) in [4.78, 5) is 4.21. The van der Waals surface area contributed by atoms with Gasteiger partial charge in [-0.15, -0.1) is 0 Å². The average molecular weight is 318 g/mol. The van der Waals surface area contributed by atoms with Crippen molar-refractivity contribution in [3.05, 3.63) is 46.6 Å². The van der Waals surface area contributed by atoms with Gasteiger partial charge in [0, 0.05) is 6.20 Å². The third-order valence-corrected chi connectivity index (χ3v) is 3.01. The molecule has 0 radical (unpaired) electrons. The number of aromatic nitrogens is 1. The number of benzene rings is 1. The summed E-state index contributed by atoms with van der Waals surface area (Å²) in [5.41, 5.74) is 1.35. The highest BCUT2D eigenvalue weighted by Crippen LogP contribution is 2.30. The first-order chi connectivity index (χ1) is 9.24. The van der Waals surface area contributed by atoms with E-state index in [9.17, 15) is 0 Å². The summed E-state index contributed by atoms with van der Waals surface area (Å²) in [6, 6.07) is 11.4. The molecule has 5 heteroatoms. The molecule has 4 nitrogen and oxygen atoms in total. The zero-order valence-corrected chi connectivity index (χ0v) is 11.9. The van der Waals surface area contributed by atoms with E-state index >= 15 is 0 Å². The topological polar surface area (TPSA) is 57.9 Å². The van der Waals surface area contributed by atoms with E-state index in [1.807, 2.05) is 37.3 Å². The van der Waals surface area contributed by atoms with Crippen molar-refractivity contribution < 1.29 is 4.74 Å². The molecule has 0 atom stereocenters. The van der Waals surface area contributed by atoms with Crippen LogP contribution in [0.1, 0.15) is 12.5 Å². The highest BCUT2D eigenvalue weighted by molar-refractivity contribution is 9.10. The largest absolute Gasteiger partial charge is 0.492 e. The van der Waals surface area contributed by atoms with Crippen LogP contribution in [0.15, 0.2) is 41.0 Å². The number of ether oxygens (including phenoxy) is 1. The van der Waals surface area contributed by atoms with E-state index in [1.165, 1.54) is 6.20 Å². The van der Waals surface area contributed by atoms with Crippen molar-refractivity contribution in [2.45, 2.75) is 6.92 Å². The predicted molar refractivity (Wildman–Crippen MR) is 77.5 cm³/mol. The molecule has 96 valence electrons. The van der Waals surface area contributed by atoms with Gasteiger partial charge in [0.15, 0.2) is 0 Å². The van der Waals surface area contributed by atoms with Gasteiger partial charge >= 0.3 is 0 Å². The van der Waals surface area contributed by atoms with Gasteiger partial charge in [-0.3, -0.25) is 0 Å². The van der Waals surface area contributed by atoms with Gasteiger partial charge in [0.05, 0.1) is 22.3 Å². The van der Waals surface area contributed by atoms with Crippen LogP contribution in [0.5, 0.6) is 5.75 Å². The molecular formula is C14H12BrN3O. The lowest BCUT2D eigenvalue weighted by atomic mass is 10.2. The molecule has 2 rings (SSSR count). The number of nitrogens with zero attached hydrogens (tertiary/aromatic N) is 2. The minimum atomic E-state index is 0.510. The van der Waals surface area contributed by atoms with E-state index in [-0.39, 0.29) is 0 Å². The number of hydrogen-bond acceptors (Lipinski definition) is 4. The summed E-state index contributed by atoms with van der Waals surface area (Å²) >= 11 is 3.39. The van der Waals surface area contributed by atoms with Crippen LogP contribution in [-0.2, 0) is 0 Å². The third kappa shape index (κ3) is 3.24. The summed E-state index contributed by atoms with van der Waals surface area (Å²) in [5, 5.41) is 12.0. The van der Waals surface area contributed by atoms with Gasteiger partial charge in [0.2, 0.25) is 0 Å². The zero-order chi connectivity index (χ0) is 13.7. The van der Waals surface area contributed by atoms with Crippen molar-refractivity contribution in [2.24, 2.45) is 0 Å². The maximum Gasteiger partial charge on any atom is 0.144 e. The van der Waals surface area contributed by atoms with E-state index in [2.05, 4.69) is 26.2 Å². The van der Waals surface area contributed by atoms with Crippen molar-refractivity contribution in [2.75, 3.05) is 11.9 Å². The van der Waals surface area contributed by atoms with Crippen molar-refractivity contribution in [1.29, 1.82) is 5.26 Å². The quantitative estimate of drug-likeness (QED) is 0.930. The maximum absolute atomic E-state index is 8.81. The van der Waals surface area contributed by atoms with E-state index in [1.54, 1.807) is 6.07 Å². The Morgan fingerprint density at radius 3 is 2.89 bits per heavy atom. The van der Waals surface area contributed by atoms with Gasteiger partial charge in [-0.2, -0.15) is 5.26 Å². The molecule has 0 aliphatic rings. The lowest BCUT2D eigenvalue weighted by Gasteiger charge is -2.12. The van der Waals surface area contributed by atoms with Gasteiger partial charge in [0.25, 0.3) is 0 Å². The molecule has 0 aliphatic carbocycles. The fourth-order valence-corrected chi connectivity index (χ4v) is 2.02. The van der Waals surface area contributed by atoms with Crippen molar-refractivity contribution in [1.82, 2.24) is 4.98 Å². The summed E-state index contributed by atoms with van der Waals surface area (Å²) < 4.78 is 6.27. The SMILES string of the molecule is CCOc1ccccc1Nc1ncc(C#N)cc1Br. The molecule has 0 aliphatic heterocycles. The smallest absolute Gasteiger partial charge is 0.144 e. The first-order valence-electron chi connectivity index (χ1n) is 5.79. The lowest BCUT2D eigenvalue weighted by molar-refractivity contribution is 0.342. The third-order valence-electron chi connectivity index (χ3n) is 2.41. The fraction of sp³-hybridized carbons (Fsp3) is 0.143.